The lowest BCUT2D eigenvalue weighted by Gasteiger charge is -2.09. The van der Waals surface area contributed by atoms with Crippen molar-refractivity contribution in [3.05, 3.63) is 75.2 Å². The number of halogens is 2. The van der Waals surface area contributed by atoms with Gasteiger partial charge >= 0.3 is 0 Å². The summed E-state index contributed by atoms with van der Waals surface area (Å²) in [5.74, 6) is 0.881. The zero-order valence-corrected chi connectivity index (χ0v) is 16.3. The van der Waals surface area contributed by atoms with Crippen molar-refractivity contribution in [2.24, 2.45) is 0 Å². The fraction of sp³-hybridized carbons (Fsp3) is 0.100. The molecule has 0 radical (unpaired) electrons. The van der Waals surface area contributed by atoms with E-state index in [1.54, 1.807) is 7.11 Å². The van der Waals surface area contributed by atoms with E-state index >= 15 is 0 Å². The Morgan fingerprint density at radius 2 is 1.33 bits per heavy atom. The van der Waals surface area contributed by atoms with E-state index in [1.807, 2.05) is 12.1 Å². The number of hydrogen-bond donors (Lipinski definition) is 0. The van der Waals surface area contributed by atoms with Crippen LogP contribution in [0.15, 0.2) is 69.6 Å². The van der Waals surface area contributed by atoms with Crippen LogP contribution in [0.4, 0.5) is 0 Å². The number of hydrogen-bond acceptors (Lipinski definition) is 1. The fourth-order valence-corrected chi connectivity index (χ4v) is 3.82. The highest BCUT2D eigenvalue weighted by Gasteiger charge is 2.12. The molecule has 0 atom stereocenters. The molecule has 120 valence electrons. The van der Waals surface area contributed by atoms with Crippen LogP contribution in [0.2, 0.25) is 0 Å². The molecular weight excluding hydrogens is 430 g/mol. The minimum absolute atomic E-state index is 0.816. The van der Waals surface area contributed by atoms with Gasteiger partial charge in [0.05, 0.1) is 18.1 Å². The summed E-state index contributed by atoms with van der Waals surface area (Å²) < 4.78 is 9.80. The Morgan fingerprint density at radius 1 is 0.792 bits per heavy atom. The molecule has 0 bridgehead atoms. The Balaban J connectivity index is 1.93. The molecule has 4 heteroatoms. The molecule has 0 aliphatic rings. The number of benzene rings is 3. The molecule has 2 nitrogen and oxygen atoms in total. The van der Waals surface area contributed by atoms with Gasteiger partial charge in [0.25, 0.3) is 0 Å². The third-order valence-electron chi connectivity index (χ3n) is 4.29. The molecular formula is C20H15Br2NO. The van der Waals surface area contributed by atoms with Crippen molar-refractivity contribution in [1.82, 2.24) is 4.57 Å². The highest BCUT2D eigenvalue weighted by atomic mass is 79.9. The Hall–Kier alpha value is -1.78. The number of nitrogens with zero attached hydrogens (tertiary/aromatic N) is 1. The Labute approximate surface area is 157 Å². The largest absolute Gasteiger partial charge is 0.497 e. The molecule has 1 heterocycles. The topological polar surface area (TPSA) is 14.2 Å². The summed E-state index contributed by atoms with van der Waals surface area (Å²) >= 11 is 7.21. The molecule has 24 heavy (non-hydrogen) atoms. The third kappa shape index (κ3) is 2.74. The minimum atomic E-state index is 0.816. The number of rotatable bonds is 3. The van der Waals surface area contributed by atoms with Gasteiger partial charge in [0, 0.05) is 26.3 Å². The predicted octanol–water partition coefficient (Wildman–Crippen LogP) is 6.38. The summed E-state index contributed by atoms with van der Waals surface area (Å²) in [6, 6.07) is 21.2. The van der Waals surface area contributed by atoms with Crippen LogP contribution >= 0.6 is 31.9 Å². The third-order valence-corrected chi connectivity index (χ3v) is 5.28. The zero-order valence-electron chi connectivity index (χ0n) is 13.1. The van der Waals surface area contributed by atoms with Gasteiger partial charge in [0.15, 0.2) is 0 Å². The molecule has 0 aliphatic carbocycles. The lowest BCUT2D eigenvalue weighted by molar-refractivity contribution is 0.414. The molecule has 0 saturated carbocycles. The summed E-state index contributed by atoms with van der Waals surface area (Å²) in [6.07, 6.45) is 0. The SMILES string of the molecule is COc1ccc(Cn2c3cc(Br)ccc3c3ccc(Br)cc32)cc1. The van der Waals surface area contributed by atoms with E-state index in [1.165, 1.54) is 27.4 Å². The molecule has 0 N–H and O–H groups in total. The first-order valence-electron chi connectivity index (χ1n) is 7.65. The summed E-state index contributed by atoms with van der Waals surface area (Å²) in [7, 11) is 1.69. The smallest absolute Gasteiger partial charge is 0.118 e. The maximum absolute atomic E-state index is 5.26. The quantitative estimate of drug-likeness (QED) is 0.357. The van der Waals surface area contributed by atoms with E-state index in [9.17, 15) is 0 Å². The van der Waals surface area contributed by atoms with Crippen molar-refractivity contribution in [2.45, 2.75) is 6.54 Å². The van der Waals surface area contributed by atoms with Crippen LogP contribution in [-0.2, 0) is 6.54 Å². The number of fused-ring (bicyclic) bond motifs is 3. The van der Waals surface area contributed by atoms with Crippen LogP contribution in [-0.4, -0.2) is 11.7 Å². The summed E-state index contributed by atoms with van der Waals surface area (Å²) in [4.78, 5) is 0. The molecule has 0 unspecified atom stereocenters. The first-order valence-corrected chi connectivity index (χ1v) is 9.24. The van der Waals surface area contributed by atoms with E-state index in [0.29, 0.717) is 0 Å². The number of methoxy groups -OCH3 is 1. The van der Waals surface area contributed by atoms with Gasteiger partial charge in [-0.15, -0.1) is 0 Å². The second-order valence-electron chi connectivity index (χ2n) is 5.76. The van der Waals surface area contributed by atoms with Crippen LogP contribution < -0.4 is 4.74 Å². The number of ether oxygens (including phenoxy) is 1. The second kappa shape index (κ2) is 6.26. The molecule has 4 aromatic rings. The molecule has 0 spiro atoms. The van der Waals surface area contributed by atoms with Crippen LogP contribution in [0.3, 0.4) is 0 Å². The molecule has 4 rings (SSSR count). The van der Waals surface area contributed by atoms with Gasteiger partial charge < -0.3 is 9.30 Å². The Kier molecular flexibility index (Phi) is 4.10. The van der Waals surface area contributed by atoms with Gasteiger partial charge in [-0.25, -0.2) is 0 Å². The van der Waals surface area contributed by atoms with Crippen LogP contribution in [0, 0.1) is 0 Å². The fourth-order valence-electron chi connectivity index (χ4n) is 3.13. The van der Waals surface area contributed by atoms with E-state index < -0.39 is 0 Å². The zero-order chi connectivity index (χ0) is 16.7. The van der Waals surface area contributed by atoms with Crippen molar-refractivity contribution in [3.63, 3.8) is 0 Å². The highest BCUT2D eigenvalue weighted by molar-refractivity contribution is 9.10. The standard InChI is InChI=1S/C20H15Br2NO/c1-24-16-6-2-13(3-7-16)12-23-19-10-14(21)4-8-17(19)18-9-5-15(22)11-20(18)23/h2-11H,12H2,1H3. The summed E-state index contributed by atoms with van der Waals surface area (Å²) in [6.45, 7) is 0.816. The average Bonchev–Trinajstić information content (AvgIpc) is 2.88. The van der Waals surface area contributed by atoms with Crippen LogP contribution in [0.1, 0.15) is 5.56 Å². The van der Waals surface area contributed by atoms with Crippen molar-refractivity contribution in [1.29, 1.82) is 0 Å². The predicted molar refractivity (Wildman–Crippen MR) is 107 cm³/mol. The van der Waals surface area contributed by atoms with Crippen LogP contribution in [0.5, 0.6) is 5.75 Å². The first kappa shape index (κ1) is 15.7. The molecule has 0 fully saturated rings. The maximum atomic E-state index is 5.26. The summed E-state index contributed by atoms with van der Waals surface area (Å²) in [5.41, 5.74) is 3.70. The normalized spacial score (nSPS) is 11.3. The lowest BCUT2D eigenvalue weighted by Crippen LogP contribution is -1.99. The van der Waals surface area contributed by atoms with Crippen LogP contribution in [0.25, 0.3) is 21.8 Å². The second-order valence-corrected chi connectivity index (χ2v) is 7.59. The maximum Gasteiger partial charge on any atom is 0.118 e. The molecule has 0 aliphatic heterocycles. The van der Waals surface area contributed by atoms with Crippen molar-refractivity contribution in [3.8, 4) is 5.75 Å². The van der Waals surface area contributed by atoms with Gasteiger partial charge in [0.2, 0.25) is 0 Å². The van der Waals surface area contributed by atoms with Gasteiger partial charge in [-0.05, 0) is 42.0 Å². The monoisotopic (exact) mass is 443 g/mol. The lowest BCUT2D eigenvalue weighted by atomic mass is 10.2. The van der Waals surface area contributed by atoms with Gasteiger partial charge in [0.1, 0.15) is 5.75 Å². The molecule has 0 amide bonds. The van der Waals surface area contributed by atoms with Crippen molar-refractivity contribution >= 4 is 53.7 Å². The minimum Gasteiger partial charge on any atom is -0.497 e. The van der Waals surface area contributed by atoms with E-state index in [-0.39, 0.29) is 0 Å². The molecule has 3 aromatic carbocycles. The van der Waals surface area contributed by atoms with E-state index in [4.69, 9.17) is 4.74 Å². The Morgan fingerprint density at radius 3 is 1.83 bits per heavy atom. The summed E-state index contributed by atoms with van der Waals surface area (Å²) in [5, 5.41) is 2.54. The van der Waals surface area contributed by atoms with Gasteiger partial charge in [-0.2, -0.15) is 0 Å². The van der Waals surface area contributed by atoms with Crippen molar-refractivity contribution in [2.75, 3.05) is 7.11 Å². The van der Waals surface area contributed by atoms with Gasteiger partial charge in [-0.1, -0.05) is 56.1 Å². The van der Waals surface area contributed by atoms with E-state index in [0.717, 1.165) is 21.2 Å². The average molecular weight is 445 g/mol. The molecule has 0 saturated heterocycles. The van der Waals surface area contributed by atoms with E-state index in [2.05, 4.69) is 85.0 Å². The number of aromatic nitrogens is 1. The highest BCUT2D eigenvalue weighted by Crippen LogP contribution is 2.33. The Bertz CT molecular complexity index is 976. The van der Waals surface area contributed by atoms with Gasteiger partial charge in [-0.3, -0.25) is 0 Å². The molecule has 1 aromatic heterocycles. The van der Waals surface area contributed by atoms with Crippen molar-refractivity contribution < 1.29 is 4.74 Å². The first-order chi connectivity index (χ1) is 11.7.